The largest absolute Gasteiger partial charge is 0.357 e. The molecule has 0 N–H and O–H groups in total. The van der Waals surface area contributed by atoms with E-state index in [9.17, 15) is 4.79 Å². The molecule has 1 amide bonds. The molecule has 2 aliphatic heterocycles. The third-order valence-corrected chi connectivity index (χ3v) is 2.31. The van der Waals surface area contributed by atoms with Crippen molar-refractivity contribution < 1.29 is 9.53 Å². The average molecular weight is 141 g/mol. The van der Waals surface area contributed by atoms with Gasteiger partial charge in [0.2, 0.25) is 5.91 Å². The van der Waals surface area contributed by atoms with Crippen molar-refractivity contribution in [2.45, 2.75) is 19.6 Å². The molecule has 2 heterocycles. The Hall–Kier alpha value is -0.570. The minimum absolute atomic E-state index is 0.137. The number of rotatable bonds is 1. The molecule has 2 rings (SSSR count). The van der Waals surface area contributed by atoms with Crippen molar-refractivity contribution in [2.75, 3.05) is 13.2 Å². The summed E-state index contributed by atoms with van der Waals surface area (Å²) >= 11 is 0. The van der Waals surface area contributed by atoms with Gasteiger partial charge in [0.05, 0.1) is 12.5 Å². The molecular formula is C7H11NO2. The minimum atomic E-state index is 0.137. The molecule has 0 aromatic heterocycles. The number of carbonyl (C=O) groups excluding carboxylic acids is 1. The first-order valence-electron chi connectivity index (χ1n) is 3.76. The Morgan fingerprint density at radius 3 is 3.30 bits per heavy atom. The number of ether oxygens (including phenoxy) is 1. The molecular weight excluding hydrogens is 130 g/mol. The minimum Gasteiger partial charge on any atom is -0.357 e. The fraction of sp³-hybridized carbons (Fsp3) is 0.857. The van der Waals surface area contributed by atoms with Crippen LogP contribution in [0, 0.1) is 5.92 Å². The van der Waals surface area contributed by atoms with Crippen molar-refractivity contribution in [3.8, 4) is 0 Å². The Morgan fingerprint density at radius 1 is 1.80 bits per heavy atom. The molecule has 0 unspecified atom stereocenters. The summed E-state index contributed by atoms with van der Waals surface area (Å²) in [7, 11) is 0. The monoisotopic (exact) mass is 141 g/mol. The van der Waals surface area contributed by atoms with Crippen LogP contribution in [-0.2, 0) is 9.53 Å². The van der Waals surface area contributed by atoms with Gasteiger partial charge in [-0.1, -0.05) is 0 Å². The van der Waals surface area contributed by atoms with Gasteiger partial charge in [-0.05, 0) is 13.3 Å². The van der Waals surface area contributed by atoms with Crippen LogP contribution in [0.2, 0.25) is 0 Å². The molecule has 2 atom stereocenters. The number of amides is 1. The lowest BCUT2D eigenvalue weighted by atomic mass is 9.95. The molecule has 10 heavy (non-hydrogen) atoms. The van der Waals surface area contributed by atoms with Crippen LogP contribution in [0.3, 0.4) is 0 Å². The lowest BCUT2D eigenvalue weighted by molar-refractivity contribution is -0.173. The van der Waals surface area contributed by atoms with E-state index in [0.717, 1.165) is 19.6 Å². The summed E-state index contributed by atoms with van der Waals surface area (Å²) in [5.74, 6) is 0.491. The smallest absolute Gasteiger partial charge is 0.232 e. The Morgan fingerprint density at radius 2 is 2.60 bits per heavy atom. The molecule has 0 aliphatic carbocycles. The van der Waals surface area contributed by atoms with E-state index in [0.29, 0.717) is 0 Å². The first kappa shape index (κ1) is 6.16. The molecule has 0 bridgehead atoms. The quantitative estimate of drug-likeness (QED) is 0.488. The maximum absolute atomic E-state index is 11.1. The summed E-state index contributed by atoms with van der Waals surface area (Å²) in [5, 5.41) is 0. The lowest BCUT2D eigenvalue weighted by Gasteiger charge is -2.41. The number of hydrogen-bond donors (Lipinski definition) is 0. The maximum Gasteiger partial charge on any atom is 0.232 e. The van der Waals surface area contributed by atoms with Gasteiger partial charge in [-0.15, -0.1) is 0 Å². The number of hydrogen-bond acceptors (Lipinski definition) is 2. The second-order valence-corrected chi connectivity index (χ2v) is 2.78. The molecule has 3 heteroatoms. The number of nitrogens with zero attached hydrogens (tertiary/aromatic N) is 1. The van der Waals surface area contributed by atoms with E-state index >= 15 is 0 Å². The summed E-state index contributed by atoms with van der Waals surface area (Å²) in [6, 6.07) is 0. The highest BCUT2D eigenvalue weighted by Crippen LogP contribution is 2.34. The third kappa shape index (κ3) is 0.560. The Labute approximate surface area is 60.0 Å². The van der Waals surface area contributed by atoms with Crippen LogP contribution >= 0.6 is 0 Å². The van der Waals surface area contributed by atoms with Crippen molar-refractivity contribution in [3.63, 3.8) is 0 Å². The van der Waals surface area contributed by atoms with Gasteiger partial charge in [-0.2, -0.15) is 0 Å². The zero-order chi connectivity index (χ0) is 7.14. The highest BCUT2D eigenvalue weighted by atomic mass is 16.5. The van der Waals surface area contributed by atoms with Crippen LogP contribution in [-0.4, -0.2) is 30.2 Å². The SMILES string of the molecule is CCN1C(=O)[C@@H]2CCO[C@@H]21. The molecule has 0 spiro atoms. The lowest BCUT2D eigenvalue weighted by Crippen LogP contribution is -2.58. The summed E-state index contributed by atoms with van der Waals surface area (Å²) in [5.41, 5.74) is 0. The number of carbonyl (C=O) groups is 1. The highest BCUT2D eigenvalue weighted by Gasteiger charge is 2.50. The fourth-order valence-corrected chi connectivity index (χ4v) is 1.72. The van der Waals surface area contributed by atoms with E-state index in [4.69, 9.17) is 4.74 Å². The van der Waals surface area contributed by atoms with E-state index in [1.807, 2.05) is 6.92 Å². The molecule has 2 fully saturated rings. The van der Waals surface area contributed by atoms with Crippen LogP contribution < -0.4 is 0 Å². The molecule has 0 aromatic carbocycles. The first-order chi connectivity index (χ1) is 4.84. The summed E-state index contributed by atoms with van der Waals surface area (Å²) in [6.45, 7) is 3.54. The van der Waals surface area contributed by atoms with E-state index in [2.05, 4.69) is 0 Å². The summed E-state index contributed by atoms with van der Waals surface area (Å²) < 4.78 is 5.33. The van der Waals surface area contributed by atoms with Gasteiger partial charge >= 0.3 is 0 Å². The van der Waals surface area contributed by atoms with E-state index < -0.39 is 0 Å². The predicted octanol–water partition coefficient (Wildman–Crippen LogP) is 0.211. The van der Waals surface area contributed by atoms with E-state index in [1.54, 1.807) is 4.90 Å². The van der Waals surface area contributed by atoms with Gasteiger partial charge in [0.15, 0.2) is 0 Å². The maximum atomic E-state index is 11.1. The van der Waals surface area contributed by atoms with Crippen molar-refractivity contribution >= 4 is 5.91 Å². The number of likely N-dealkylation sites (tertiary alicyclic amines) is 1. The van der Waals surface area contributed by atoms with E-state index in [-0.39, 0.29) is 18.1 Å². The number of fused-ring (bicyclic) bond motifs is 1. The standard InChI is InChI=1S/C7H11NO2/c1-2-8-6(9)5-3-4-10-7(5)8/h5,7H,2-4H2,1H3/t5-,7-/m0/s1. The van der Waals surface area contributed by atoms with E-state index in [1.165, 1.54) is 0 Å². The first-order valence-corrected chi connectivity index (χ1v) is 3.76. The van der Waals surface area contributed by atoms with Crippen molar-refractivity contribution in [2.24, 2.45) is 5.92 Å². The normalized spacial score (nSPS) is 37.7. The van der Waals surface area contributed by atoms with Gasteiger partial charge in [-0.3, -0.25) is 4.79 Å². The summed E-state index contributed by atoms with van der Waals surface area (Å²) in [4.78, 5) is 12.9. The molecule has 2 saturated heterocycles. The van der Waals surface area contributed by atoms with Gasteiger partial charge < -0.3 is 9.64 Å². The molecule has 0 aromatic rings. The second-order valence-electron chi connectivity index (χ2n) is 2.78. The van der Waals surface area contributed by atoms with Crippen LogP contribution in [0.15, 0.2) is 0 Å². The molecule has 3 nitrogen and oxygen atoms in total. The zero-order valence-electron chi connectivity index (χ0n) is 6.04. The Balaban J connectivity index is 2.08. The molecule has 56 valence electrons. The van der Waals surface area contributed by atoms with Crippen LogP contribution in [0.1, 0.15) is 13.3 Å². The zero-order valence-corrected chi connectivity index (χ0v) is 6.04. The van der Waals surface area contributed by atoms with Gasteiger partial charge in [0.1, 0.15) is 6.23 Å². The molecule has 0 radical (unpaired) electrons. The van der Waals surface area contributed by atoms with Crippen LogP contribution in [0.4, 0.5) is 0 Å². The van der Waals surface area contributed by atoms with Crippen molar-refractivity contribution in [1.29, 1.82) is 0 Å². The topological polar surface area (TPSA) is 29.5 Å². The van der Waals surface area contributed by atoms with Crippen LogP contribution in [0.5, 0.6) is 0 Å². The second kappa shape index (κ2) is 1.95. The van der Waals surface area contributed by atoms with Crippen molar-refractivity contribution in [1.82, 2.24) is 4.90 Å². The predicted molar refractivity (Wildman–Crippen MR) is 35.2 cm³/mol. The molecule has 0 saturated carbocycles. The average Bonchev–Trinajstić information content (AvgIpc) is 2.33. The molecule has 2 aliphatic rings. The summed E-state index contributed by atoms with van der Waals surface area (Å²) in [6.07, 6.45) is 1.07. The fourth-order valence-electron chi connectivity index (χ4n) is 1.72. The third-order valence-electron chi connectivity index (χ3n) is 2.31. The van der Waals surface area contributed by atoms with Gasteiger partial charge in [0, 0.05) is 6.54 Å². The Kier molecular flexibility index (Phi) is 1.20. The van der Waals surface area contributed by atoms with Crippen molar-refractivity contribution in [3.05, 3.63) is 0 Å². The highest BCUT2D eigenvalue weighted by molar-refractivity contribution is 5.85. The Bertz CT molecular complexity index is 169. The van der Waals surface area contributed by atoms with Gasteiger partial charge in [-0.25, -0.2) is 0 Å². The van der Waals surface area contributed by atoms with Gasteiger partial charge in [0.25, 0.3) is 0 Å². The number of β-lactam (4-membered cyclic amide) rings is 1. The van der Waals surface area contributed by atoms with Crippen LogP contribution in [0.25, 0.3) is 0 Å².